The maximum atomic E-state index is 5.95. The Morgan fingerprint density at radius 2 is 2.41 bits per heavy atom. The summed E-state index contributed by atoms with van der Waals surface area (Å²) in [6, 6.07) is 0.465. The van der Waals surface area contributed by atoms with E-state index in [0.717, 1.165) is 12.2 Å². The monoisotopic (exact) mass is 253 g/mol. The fourth-order valence-corrected chi connectivity index (χ4v) is 3.82. The summed E-state index contributed by atoms with van der Waals surface area (Å²) in [4.78, 5) is 7.27. The van der Waals surface area contributed by atoms with Crippen molar-refractivity contribution in [3.8, 4) is 0 Å². The van der Waals surface area contributed by atoms with Crippen molar-refractivity contribution in [2.45, 2.75) is 39.2 Å². The molecule has 1 saturated heterocycles. The minimum Gasteiger partial charge on any atom is -0.330 e. The third-order valence-corrected chi connectivity index (χ3v) is 4.60. The average Bonchev–Trinajstić information content (AvgIpc) is 2.75. The van der Waals surface area contributed by atoms with Gasteiger partial charge in [-0.25, -0.2) is 4.98 Å². The van der Waals surface area contributed by atoms with Gasteiger partial charge in [-0.1, -0.05) is 6.92 Å². The molecule has 2 N–H and O–H groups in total. The van der Waals surface area contributed by atoms with E-state index in [2.05, 4.69) is 29.1 Å². The van der Waals surface area contributed by atoms with Crippen LogP contribution < -0.4 is 5.73 Å². The number of aromatic nitrogens is 1. The van der Waals surface area contributed by atoms with E-state index >= 15 is 0 Å². The summed E-state index contributed by atoms with van der Waals surface area (Å²) in [6.45, 7) is 7.47. The maximum absolute atomic E-state index is 5.95. The van der Waals surface area contributed by atoms with Crippen molar-refractivity contribution in [3.63, 3.8) is 0 Å². The Morgan fingerprint density at radius 1 is 1.59 bits per heavy atom. The van der Waals surface area contributed by atoms with Gasteiger partial charge in [-0.3, -0.25) is 4.90 Å². The number of hydrogen-bond acceptors (Lipinski definition) is 4. The van der Waals surface area contributed by atoms with Gasteiger partial charge >= 0.3 is 0 Å². The second kappa shape index (κ2) is 5.94. The van der Waals surface area contributed by atoms with Crippen molar-refractivity contribution >= 4 is 11.3 Å². The lowest BCUT2D eigenvalue weighted by Gasteiger charge is -2.39. The lowest BCUT2D eigenvalue weighted by Crippen LogP contribution is -2.41. The van der Waals surface area contributed by atoms with Gasteiger partial charge in [0.15, 0.2) is 0 Å². The van der Waals surface area contributed by atoms with Crippen molar-refractivity contribution in [3.05, 3.63) is 16.1 Å². The number of nitrogens with two attached hydrogens (primary N) is 1. The summed E-state index contributed by atoms with van der Waals surface area (Å²) < 4.78 is 0. The Bertz CT molecular complexity index is 348. The Morgan fingerprint density at radius 3 is 3.00 bits per heavy atom. The third-order valence-electron chi connectivity index (χ3n) is 3.56. The van der Waals surface area contributed by atoms with Crippen molar-refractivity contribution < 1.29 is 0 Å². The molecule has 1 aromatic heterocycles. The zero-order valence-electron chi connectivity index (χ0n) is 10.9. The van der Waals surface area contributed by atoms with Gasteiger partial charge in [0, 0.05) is 11.1 Å². The highest BCUT2D eigenvalue weighted by molar-refractivity contribution is 7.09. The molecule has 0 spiro atoms. The molecule has 0 bridgehead atoms. The van der Waals surface area contributed by atoms with Crippen LogP contribution in [-0.2, 0) is 0 Å². The highest BCUT2D eigenvalue weighted by atomic mass is 32.1. The highest BCUT2D eigenvalue weighted by Crippen LogP contribution is 2.36. The minimum atomic E-state index is 0.465. The first-order valence-corrected chi connectivity index (χ1v) is 7.50. The first-order valence-electron chi connectivity index (χ1n) is 6.62. The van der Waals surface area contributed by atoms with E-state index in [-0.39, 0.29) is 0 Å². The smallest absolute Gasteiger partial charge is 0.110 e. The van der Waals surface area contributed by atoms with E-state index in [9.17, 15) is 0 Å². The van der Waals surface area contributed by atoms with E-state index in [1.165, 1.54) is 37.4 Å². The molecule has 0 amide bonds. The fraction of sp³-hybridized carbons (Fsp3) is 0.769. The first kappa shape index (κ1) is 13.0. The molecule has 2 unspecified atom stereocenters. The molecule has 2 heterocycles. The number of piperidine rings is 1. The predicted molar refractivity (Wildman–Crippen MR) is 73.2 cm³/mol. The van der Waals surface area contributed by atoms with Crippen LogP contribution in [0.1, 0.15) is 42.9 Å². The van der Waals surface area contributed by atoms with Crippen molar-refractivity contribution in [2.75, 3.05) is 19.6 Å². The van der Waals surface area contributed by atoms with Crippen molar-refractivity contribution in [1.82, 2.24) is 9.88 Å². The molecule has 1 fully saturated rings. The summed E-state index contributed by atoms with van der Waals surface area (Å²) in [5, 5.41) is 3.42. The van der Waals surface area contributed by atoms with Gasteiger partial charge in [-0.15, -0.1) is 11.3 Å². The lowest BCUT2D eigenvalue weighted by atomic mass is 9.89. The van der Waals surface area contributed by atoms with Gasteiger partial charge in [0.2, 0.25) is 0 Å². The Hall–Kier alpha value is -0.450. The van der Waals surface area contributed by atoms with Crippen LogP contribution in [0.3, 0.4) is 0 Å². The topological polar surface area (TPSA) is 42.1 Å². The lowest BCUT2D eigenvalue weighted by molar-refractivity contribution is 0.0957. The van der Waals surface area contributed by atoms with Gasteiger partial charge in [0.05, 0.1) is 6.04 Å². The number of rotatable bonds is 4. The van der Waals surface area contributed by atoms with Gasteiger partial charge in [-0.05, 0) is 51.7 Å². The van der Waals surface area contributed by atoms with E-state index in [0.29, 0.717) is 12.0 Å². The van der Waals surface area contributed by atoms with Crippen LogP contribution in [0.4, 0.5) is 0 Å². The number of aryl methyl sites for hydroxylation is 1. The van der Waals surface area contributed by atoms with E-state index in [1.807, 2.05) is 0 Å². The molecule has 0 aromatic carbocycles. The summed E-state index contributed by atoms with van der Waals surface area (Å²) in [6.07, 6.45) is 3.74. The molecule has 17 heavy (non-hydrogen) atoms. The Balaban J connectivity index is 2.21. The number of thiazole rings is 1. The van der Waals surface area contributed by atoms with Crippen LogP contribution in [0.5, 0.6) is 0 Å². The summed E-state index contributed by atoms with van der Waals surface area (Å²) in [5.74, 6) is 0.584. The van der Waals surface area contributed by atoms with Gasteiger partial charge in [0.25, 0.3) is 0 Å². The van der Waals surface area contributed by atoms with Crippen LogP contribution in [0, 0.1) is 12.8 Å². The molecule has 2 rings (SSSR count). The molecular formula is C13H23N3S. The fourth-order valence-electron chi connectivity index (χ4n) is 2.80. The molecular weight excluding hydrogens is 230 g/mol. The van der Waals surface area contributed by atoms with E-state index in [4.69, 9.17) is 5.73 Å². The second-order valence-electron chi connectivity index (χ2n) is 4.95. The number of likely N-dealkylation sites (tertiary alicyclic amines) is 1. The van der Waals surface area contributed by atoms with Crippen LogP contribution in [0.25, 0.3) is 0 Å². The molecule has 0 radical (unpaired) electrons. The minimum absolute atomic E-state index is 0.465. The van der Waals surface area contributed by atoms with Crippen LogP contribution in [-0.4, -0.2) is 29.5 Å². The second-order valence-corrected chi connectivity index (χ2v) is 5.84. The number of nitrogens with zero attached hydrogens (tertiary/aromatic N) is 2. The van der Waals surface area contributed by atoms with Crippen LogP contribution >= 0.6 is 11.3 Å². The molecule has 1 aliphatic heterocycles. The van der Waals surface area contributed by atoms with Gasteiger partial charge in [0.1, 0.15) is 5.01 Å². The third kappa shape index (κ3) is 2.87. The zero-order valence-corrected chi connectivity index (χ0v) is 11.7. The predicted octanol–water partition coefficient (Wildman–Crippen LogP) is 2.57. The normalized spacial score (nSPS) is 26.3. The molecule has 0 aliphatic carbocycles. The summed E-state index contributed by atoms with van der Waals surface area (Å²) >= 11 is 1.80. The molecule has 3 nitrogen and oxygen atoms in total. The SMILES string of the molecule is CCCN1CCCC(CN)C1c1nc(C)cs1. The highest BCUT2D eigenvalue weighted by Gasteiger charge is 2.33. The summed E-state index contributed by atoms with van der Waals surface area (Å²) in [5.41, 5.74) is 7.09. The van der Waals surface area contributed by atoms with Crippen molar-refractivity contribution in [1.29, 1.82) is 0 Å². The quantitative estimate of drug-likeness (QED) is 0.897. The number of hydrogen-bond donors (Lipinski definition) is 1. The molecule has 1 aromatic rings. The van der Waals surface area contributed by atoms with E-state index < -0.39 is 0 Å². The van der Waals surface area contributed by atoms with Crippen LogP contribution in [0.15, 0.2) is 5.38 Å². The van der Waals surface area contributed by atoms with Gasteiger partial charge in [-0.2, -0.15) is 0 Å². The maximum Gasteiger partial charge on any atom is 0.110 e. The van der Waals surface area contributed by atoms with E-state index in [1.54, 1.807) is 11.3 Å². The molecule has 2 atom stereocenters. The zero-order chi connectivity index (χ0) is 12.3. The molecule has 1 aliphatic rings. The largest absolute Gasteiger partial charge is 0.330 e. The standard InChI is InChI=1S/C13H23N3S/c1-3-6-16-7-4-5-11(8-14)12(16)13-15-10(2)9-17-13/h9,11-12H,3-8,14H2,1-2H3. The Labute approximate surface area is 108 Å². The molecule has 4 heteroatoms. The average molecular weight is 253 g/mol. The van der Waals surface area contributed by atoms with Crippen molar-refractivity contribution in [2.24, 2.45) is 11.7 Å². The molecule has 0 saturated carbocycles. The Kier molecular flexibility index (Phi) is 4.54. The summed E-state index contributed by atoms with van der Waals surface area (Å²) in [7, 11) is 0. The van der Waals surface area contributed by atoms with Gasteiger partial charge < -0.3 is 5.73 Å². The first-order chi connectivity index (χ1) is 8.26. The van der Waals surface area contributed by atoms with Crippen LogP contribution in [0.2, 0.25) is 0 Å². The molecule has 96 valence electrons.